The number of hydrogen-bond donors (Lipinski definition) is 1. The van der Waals surface area contributed by atoms with E-state index in [4.69, 9.17) is 0 Å². The van der Waals surface area contributed by atoms with Gasteiger partial charge in [0.1, 0.15) is 0 Å². The summed E-state index contributed by atoms with van der Waals surface area (Å²) < 4.78 is 22.9. The van der Waals surface area contributed by atoms with Crippen molar-refractivity contribution in [2.75, 3.05) is 0 Å². The fraction of sp³-hybridized carbons (Fsp3) is 0.750. The number of halogens is 2. The predicted octanol–water partition coefficient (Wildman–Crippen LogP) is 0.780. The quantitative estimate of drug-likeness (QED) is 0.602. The second-order valence-corrected chi connectivity index (χ2v) is 1.55. The Kier molecular flexibility index (Phi) is 2.90. The molecule has 0 bridgehead atoms. The van der Waals surface area contributed by atoms with Gasteiger partial charge in [-0.05, 0) is 6.92 Å². The Morgan fingerprint density at radius 3 is 2.11 bits per heavy atom. The fourth-order valence-corrected chi connectivity index (χ4v) is 0.249. The topological polar surface area (TPSA) is 49.0 Å². The summed E-state index contributed by atoms with van der Waals surface area (Å²) in [5, 5.41) is 11.1. The number of nitrogens with one attached hydrogen (secondary N) is 1. The first kappa shape index (κ1) is 8.13. The van der Waals surface area contributed by atoms with E-state index in [-0.39, 0.29) is 0 Å². The molecule has 0 aliphatic carbocycles. The summed E-state index contributed by atoms with van der Waals surface area (Å²) in [4.78, 5) is 9.56. The zero-order valence-corrected chi connectivity index (χ0v) is 4.73. The molecule has 0 aliphatic rings. The van der Waals surface area contributed by atoms with Gasteiger partial charge in [-0.3, -0.25) is 0 Å². The monoisotopic (exact) mass is 138 g/mol. The molecule has 1 N–H and O–H groups in total. The van der Waals surface area contributed by atoms with Crippen molar-refractivity contribution < 1.29 is 18.7 Å². The van der Waals surface area contributed by atoms with Crippen molar-refractivity contribution in [3.8, 4) is 0 Å². The molecule has 0 aromatic rings. The number of hydrogen-bond acceptors (Lipinski definition) is 1. The molecule has 0 aliphatic heterocycles. The molecule has 0 rings (SSSR count). The third kappa shape index (κ3) is 3.69. The van der Waals surface area contributed by atoms with Gasteiger partial charge in [0.25, 0.3) is 6.43 Å². The molecule has 5 heteroatoms. The summed E-state index contributed by atoms with van der Waals surface area (Å²) in [7, 11) is 0. The number of amides is 1. The minimum atomic E-state index is -2.68. The van der Waals surface area contributed by atoms with Crippen LogP contribution >= 0.6 is 0 Å². The summed E-state index contributed by atoms with van der Waals surface area (Å²) >= 11 is 0. The van der Waals surface area contributed by atoms with Crippen molar-refractivity contribution in [3.05, 3.63) is 0 Å². The van der Waals surface area contributed by atoms with Gasteiger partial charge in [0, 0.05) is 0 Å². The van der Waals surface area contributed by atoms with Gasteiger partial charge in [0.05, 0.1) is 6.04 Å². The molecular formula is C4H6F2NO2. The molecule has 0 aromatic heterocycles. The molecular weight excluding hydrogens is 132 g/mol. The van der Waals surface area contributed by atoms with Gasteiger partial charge < -0.3 is 5.32 Å². The van der Waals surface area contributed by atoms with Crippen molar-refractivity contribution in [3.63, 3.8) is 0 Å². The van der Waals surface area contributed by atoms with Gasteiger partial charge in [0.2, 0.25) is 0 Å². The first-order chi connectivity index (χ1) is 4.04. The number of carbonyl (C=O) groups excluding carboxylic acids is 1. The predicted molar refractivity (Wildman–Crippen MR) is 24.7 cm³/mol. The zero-order valence-electron chi connectivity index (χ0n) is 4.73. The summed E-state index contributed by atoms with van der Waals surface area (Å²) in [6, 6.07) is -1.35. The van der Waals surface area contributed by atoms with Gasteiger partial charge in [-0.15, -0.1) is 0 Å². The second kappa shape index (κ2) is 3.21. The average Bonchev–Trinajstić information content (AvgIpc) is 1.63. The van der Waals surface area contributed by atoms with Gasteiger partial charge in [-0.2, -0.15) is 0 Å². The summed E-state index contributed by atoms with van der Waals surface area (Å²) in [5.74, 6) is 0. The van der Waals surface area contributed by atoms with E-state index in [1.165, 1.54) is 5.32 Å². The highest BCUT2D eigenvalue weighted by Crippen LogP contribution is 1.98. The number of alkyl halides is 2. The highest BCUT2D eigenvalue weighted by Gasteiger charge is 2.16. The van der Waals surface area contributed by atoms with E-state index >= 15 is 0 Å². The van der Waals surface area contributed by atoms with Crippen molar-refractivity contribution in [2.24, 2.45) is 0 Å². The summed E-state index contributed by atoms with van der Waals surface area (Å²) in [6.45, 7) is 1.06. The van der Waals surface area contributed by atoms with Crippen LogP contribution in [0.5, 0.6) is 0 Å². The van der Waals surface area contributed by atoms with Crippen molar-refractivity contribution in [2.45, 2.75) is 19.4 Å². The Morgan fingerprint density at radius 2 is 2.00 bits per heavy atom. The standard InChI is InChI=1S/C4H6F2NO2/c1-2(3(5)6)7-4(8)9/h2-3,7H,1H3. The number of rotatable bonds is 2. The molecule has 9 heavy (non-hydrogen) atoms. The molecule has 0 heterocycles. The van der Waals surface area contributed by atoms with Gasteiger partial charge in [-0.25, -0.2) is 18.7 Å². The van der Waals surface area contributed by atoms with Crippen LogP contribution in [-0.4, -0.2) is 18.6 Å². The molecule has 1 radical (unpaired) electrons. The van der Waals surface area contributed by atoms with E-state index in [1.807, 2.05) is 0 Å². The van der Waals surface area contributed by atoms with Crippen LogP contribution in [0.4, 0.5) is 13.6 Å². The lowest BCUT2D eigenvalue weighted by Crippen LogP contribution is -2.35. The third-order valence-electron chi connectivity index (χ3n) is 0.723. The van der Waals surface area contributed by atoms with Crippen LogP contribution in [0.2, 0.25) is 0 Å². The van der Waals surface area contributed by atoms with E-state index in [9.17, 15) is 18.7 Å². The Hall–Kier alpha value is -0.870. The van der Waals surface area contributed by atoms with Crippen LogP contribution in [0, 0.1) is 0 Å². The maximum absolute atomic E-state index is 11.4. The Labute approximate surface area is 50.7 Å². The SMILES string of the molecule is CC(NC([O])=O)C(F)F. The maximum atomic E-state index is 11.4. The highest BCUT2D eigenvalue weighted by atomic mass is 19.3. The van der Waals surface area contributed by atoms with Crippen LogP contribution in [0.3, 0.4) is 0 Å². The lowest BCUT2D eigenvalue weighted by atomic mass is 10.4. The van der Waals surface area contributed by atoms with E-state index < -0.39 is 18.6 Å². The molecule has 1 atom stereocenters. The molecule has 0 aromatic carbocycles. The van der Waals surface area contributed by atoms with Crippen LogP contribution in [-0.2, 0) is 5.11 Å². The van der Waals surface area contributed by atoms with Gasteiger partial charge in [-0.1, -0.05) is 0 Å². The van der Waals surface area contributed by atoms with Gasteiger partial charge in [0.15, 0.2) is 0 Å². The lowest BCUT2D eigenvalue weighted by Gasteiger charge is -2.06. The van der Waals surface area contributed by atoms with Crippen LogP contribution in [0.25, 0.3) is 0 Å². The minimum Gasteiger partial charge on any atom is -0.310 e. The largest absolute Gasteiger partial charge is 0.450 e. The first-order valence-corrected chi connectivity index (χ1v) is 2.29. The molecule has 1 amide bonds. The van der Waals surface area contributed by atoms with E-state index in [1.54, 1.807) is 0 Å². The molecule has 3 nitrogen and oxygen atoms in total. The van der Waals surface area contributed by atoms with Crippen LogP contribution in [0.15, 0.2) is 0 Å². The Morgan fingerprint density at radius 1 is 1.56 bits per heavy atom. The summed E-state index contributed by atoms with van der Waals surface area (Å²) in [5.41, 5.74) is 0. The Bertz CT molecular complexity index is 107. The molecule has 0 saturated heterocycles. The van der Waals surface area contributed by atoms with E-state index in [0.717, 1.165) is 6.92 Å². The van der Waals surface area contributed by atoms with E-state index in [0.29, 0.717) is 0 Å². The Balaban J connectivity index is 3.50. The zero-order chi connectivity index (χ0) is 7.44. The van der Waals surface area contributed by atoms with Crippen molar-refractivity contribution in [1.82, 2.24) is 5.32 Å². The highest BCUT2D eigenvalue weighted by molar-refractivity contribution is 5.64. The van der Waals surface area contributed by atoms with Crippen LogP contribution < -0.4 is 5.32 Å². The van der Waals surface area contributed by atoms with Gasteiger partial charge >= 0.3 is 6.09 Å². The lowest BCUT2D eigenvalue weighted by molar-refractivity contribution is 0.0961. The van der Waals surface area contributed by atoms with E-state index in [2.05, 4.69) is 0 Å². The average molecular weight is 138 g/mol. The number of carbonyl (C=O) groups is 1. The molecule has 53 valence electrons. The maximum Gasteiger partial charge on any atom is 0.450 e. The smallest absolute Gasteiger partial charge is 0.310 e. The summed E-state index contributed by atoms with van der Waals surface area (Å²) in [6.07, 6.45) is -4.36. The third-order valence-corrected chi connectivity index (χ3v) is 0.723. The minimum absolute atomic E-state index is 1.06. The van der Waals surface area contributed by atoms with Crippen LogP contribution in [0.1, 0.15) is 6.92 Å². The molecule has 0 spiro atoms. The van der Waals surface area contributed by atoms with Crippen molar-refractivity contribution >= 4 is 6.09 Å². The second-order valence-electron chi connectivity index (χ2n) is 1.55. The fourth-order valence-electron chi connectivity index (χ4n) is 0.249. The normalized spacial score (nSPS) is 13.3. The molecule has 1 unspecified atom stereocenters. The molecule has 0 saturated carbocycles. The molecule has 0 fully saturated rings. The first-order valence-electron chi connectivity index (χ1n) is 2.29. The van der Waals surface area contributed by atoms with Crippen molar-refractivity contribution in [1.29, 1.82) is 0 Å².